The van der Waals surface area contributed by atoms with Crippen molar-refractivity contribution in [2.45, 2.75) is 25.7 Å². The lowest BCUT2D eigenvalue weighted by atomic mass is 10.1. The van der Waals surface area contributed by atoms with Crippen LogP contribution in [0.25, 0.3) is 0 Å². The summed E-state index contributed by atoms with van der Waals surface area (Å²) in [4.78, 5) is 11.4. The van der Waals surface area contributed by atoms with Gasteiger partial charge in [0.05, 0.1) is 6.61 Å². The Balaban J connectivity index is 1.65. The smallest absolute Gasteiger partial charge is 0.136 e. The summed E-state index contributed by atoms with van der Waals surface area (Å²) < 4.78 is 6.57. The summed E-state index contributed by atoms with van der Waals surface area (Å²) in [5.74, 6) is 1.65. The van der Waals surface area contributed by atoms with Crippen molar-refractivity contribution in [2.24, 2.45) is 5.92 Å². The number of ether oxygens (including phenoxy) is 1. The highest BCUT2D eigenvalue weighted by Gasteiger charge is 2.28. The van der Waals surface area contributed by atoms with Crippen LogP contribution in [0.1, 0.15) is 25.7 Å². The number of hydrogen-bond acceptors (Lipinski definition) is 2. The molecular weight excluding hydrogens is 268 g/mol. The Kier molecular flexibility index (Phi) is 3.99. The number of hydrogen-bond donors (Lipinski definition) is 0. The van der Waals surface area contributed by atoms with Gasteiger partial charge in [-0.2, -0.15) is 0 Å². The van der Waals surface area contributed by atoms with E-state index in [-0.39, 0.29) is 0 Å². The molecule has 2 nitrogen and oxygen atoms in total. The van der Waals surface area contributed by atoms with Gasteiger partial charge in [0.2, 0.25) is 0 Å². The standard InChI is InChI=1S/C13H15BrO2/c14-11-3-1-4-12(9-11)16-8-2-5-13(15)10-6-7-10/h1,3-4,9-10H,2,5-8H2. The lowest BCUT2D eigenvalue weighted by molar-refractivity contribution is -0.120. The summed E-state index contributed by atoms with van der Waals surface area (Å²) in [6, 6.07) is 7.76. The van der Waals surface area contributed by atoms with Crippen LogP contribution in [0.5, 0.6) is 5.75 Å². The van der Waals surface area contributed by atoms with Crippen molar-refractivity contribution < 1.29 is 9.53 Å². The lowest BCUT2D eigenvalue weighted by Crippen LogP contribution is -2.04. The zero-order chi connectivity index (χ0) is 11.4. The van der Waals surface area contributed by atoms with E-state index in [2.05, 4.69) is 15.9 Å². The van der Waals surface area contributed by atoms with Gasteiger partial charge in [0.1, 0.15) is 11.5 Å². The maximum absolute atomic E-state index is 11.4. The zero-order valence-electron chi connectivity index (χ0n) is 9.12. The van der Waals surface area contributed by atoms with Gasteiger partial charge in [0.15, 0.2) is 0 Å². The molecule has 0 radical (unpaired) electrons. The number of halogens is 1. The second-order valence-electron chi connectivity index (χ2n) is 4.15. The molecule has 0 aliphatic heterocycles. The third-order valence-corrected chi connectivity index (χ3v) is 3.16. The molecule has 2 rings (SSSR count). The summed E-state index contributed by atoms with van der Waals surface area (Å²) in [6.07, 6.45) is 3.69. The van der Waals surface area contributed by atoms with Gasteiger partial charge in [-0.1, -0.05) is 22.0 Å². The largest absolute Gasteiger partial charge is 0.494 e. The minimum absolute atomic E-state index is 0.380. The molecule has 1 fully saturated rings. The van der Waals surface area contributed by atoms with Gasteiger partial charge in [0, 0.05) is 16.8 Å². The van der Waals surface area contributed by atoms with Crippen molar-refractivity contribution in [1.82, 2.24) is 0 Å². The molecule has 1 saturated carbocycles. The molecule has 0 unspecified atom stereocenters. The molecule has 1 aliphatic rings. The molecule has 1 aliphatic carbocycles. The van der Waals surface area contributed by atoms with Gasteiger partial charge in [-0.25, -0.2) is 0 Å². The van der Waals surface area contributed by atoms with Crippen molar-refractivity contribution >= 4 is 21.7 Å². The molecule has 0 heterocycles. The van der Waals surface area contributed by atoms with Crippen molar-refractivity contribution in [3.63, 3.8) is 0 Å². The van der Waals surface area contributed by atoms with E-state index in [0.717, 1.165) is 29.5 Å². The molecule has 0 atom stereocenters. The Bertz CT molecular complexity index is 372. The lowest BCUT2D eigenvalue weighted by Gasteiger charge is -2.05. The van der Waals surface area contributed by atoms with Crippen LogP contribution < -0.4 is 4.74 Å². The van der Waals surface area contributed by atoms with E-state index < -0.39 is 0 Å². The minimum atomic E-state index is 0.380. The molecule has 0 N–H and O–H groups in total. The van der Waals surface area contributed by atoms with Crippen molar-refractivity contribution in [3.05, 3.63) is 28.7 Å². The number of ketones is 1. The molecule has 0 saturated heterocycles. The second kappa shape index (κ2) is 5.48. The number of Topliss-reactive ketones (excluding diaryl/α,β-unsaturated/α-hetero) is 1. The highest BCUT2D eigenvalue weighted by molar-refractivity contribution is 9.10. The minimum Gasteiger partial charge on any atom is -0.494 e. The van der Waals surface area contributed by atoms with Crippen LogP contribution in [0.15, 0.2) is 28.7 Å². The fraction of sp³-hybridized carbons (Fsp3) is 0.462. The first-order valence-electron chi connectivity index (χ1n) is 5.67. The van der Waals surface area contributed by atoms with E-state index in [1.165, 1.54) is 0 Å². The molecule has 0 bridgehead atoms. The van der Waals surface area contributed by atoms with Gasteiger partial charge in [-0.15, -0.1) is 0 Å². The van der Waals surface area contributed by atoms with Crippen LogP contribution in [-0.4, -0.2) is 12.4 Å². The summed E-state index contributed by atoms with van der Waals surface area (Å²) >= 11 is 3.39. The fourth-order valence-corrected chi connectivity index (χ4v) is 1.98. The van der Waals surface area contributed by atoms with Gasteiger partial charge in [0.25, 0.3) is 0 Å². The molecule has 16 heavy (non-hydrogen) atoms. The first kappa shape index (κ1) is 11.6. The number of benzene rings is 1. The highest BCUT2D eigenvalue weighted by Crippen LogP contribution is 2.31. The van der Waals surface area contributed by atoms with Crippen molar-refractivity contribution in [1.29, 1.82) is 0 Å². The number of carbonyl (C=O) groups excluding carboxylic acids is 1. The van der Waals surface area contributed by atoms with Gasteiger partial charge < -0.3 is 4.74 Å². The molecule has 0 amide bonds. The Morgan fingerprint density at radius 2 is 2.25 bits per heavy atom. The predicted molar refractivity (Wildman–Crippen MR) is 66.6 cm³/mol. The van der Waals surface area contributed by atoms with E-state index in [9.17, 15) is 4.79 Å². The normalized spacial score (nSPS) is 14.8. The predicted octanol–water partition coefficient (Wildman–Crippen LogP) is 3.59. The van der Waals surface area contributed by atoms with Crippen LogP contribution in [0.2, 0.25) is 0 Å². The molecule has 1 aromatic carbocycles. The fourth-order valence-electron chi connectivity index (χ4n) is 1.60. The maximum atomic E-state index is 11.4. The monoisotopic (exact) mass is 282 g/mol. The SMILES string of the molecule is O=C(CCCOc1cccc(Br)c1)C1CC1. The molecule has 3 heteroatoms. The Morgan fingerprint density at radius 1 is 1.44 bits per heavy atom. The van der Waals surface area contributed by atoms with Crippen LogP contribution in [-0.2, 0) is 4.79 Å². The maximum Gasteiger partial charge on any atom is 0.136 e. The molecule has 0 aromatic heterocycles. The molecular formula is C13H15BrO2. The average molecular weight is 283 g/mol. The molecule has 1 aromatic rings. The Morgan fingerprint density at radius 3 is 2.94 bits per heavy atom. The van der Waals surface area contributed by atoms with E-state index in [4.69, 9.17) is 4.74 Å². The Hall–Kier alpha value is -0.830. The van der Waals surface area contributed by atoms with Crippen LogP contribution in [0, 0.1) is 5.92 Å². The summed E-state index contributed by atoms with van der Waals surface area (Å²) in [5, 5.41) is 0. The second-order valence-corrected chi connectivity index (χ2v) is 5.07. The molecule has 0 spiro atoms. The first-order valence-corrected chi connectivity index (χ1v) is 6.46. The summed E-state index contributed by atoms with van der Waals surface area (Å²) in [5.41, 5.74) is 0. The third-order valence-electron chi connectivity index (χ3n) is 2.67. The van der Waals surface area contributed by atoms with Crippen LogP contribution in [0.3, 0.4) is 0 Å². The highest BCUT2D eigenvalue weighted by atomic mass is 79.9. The zero-order valence-corrected chi connectivity index (χ0v) is 10.7. The van der Waals surface area contributed by atoms with E-state index in [1.807, 2.05) is 24.3 Å². The van der Waals surface area contributed by atoms with E-state index >= 15 is 0 Å². The van der Waals surface area contributed by atoms with Gasteiger partial charge in [-0.05, 0) is 37.5 Å². The topological polar surface area (TPSA) is 26.3 Å². The quantitative estimate of drug-likeness (QED) is 0.746. The van der Waals surface area contributed by atoms with Gasteiger partial charge >= 0.3 is 0 Å². The number of carbonyl (C=O) groups is 1. The average Bonchev–Trinajstić information content (AvgIpc) is 3.08. The van der Waals surface area contributed by atoms with E-state index in [1.54, 1.807) is 0 Å². The van der Waals surface area contributed by atoms with Crippen LogP contribution >= 0.6 is 15.9 Å². The van der Waals surface area contributed by atoms with Crippen molar-refractivity contribution in [3.8, 4) is 5.75 Å². The first-order chi connectivity index (χ1) is 7.75. The van der Waals surface area contributed by atoms with Crippen LogP contribution in [0.4, 0.5) is 0 Å². The molecule has 86 valence electrons. The Labute approximate surface area is 104 Å². The van der Waals surface area contributed by atoms with Crippen molar-refractivity contribution in [2.75, 3.05) is 6.61 Å². The third kappa shape index (κ3) is 3.63. The summed E-state index contributed by atoms with van der Waals surface area (Å²) in [6.45, 7) is 0.620. The number of rotatable bonds is 6. The summed E-state index contributed by atoms with van der Waals surface area (Å²) in [7, 11) is 0. The van der Waals surface area contributed by atoms with E-state index in [0.29, 0.717) is 24.7 Å². The van der Waals surface area contributed by atoms with Gasteiger partial charge in [-0.3, -0.25) is 4.79 Å².